The van der Waals surface area contributed by atoms with Crippen molar-refractivity contribution in [3.8, 4) is 0 Å². The quantitative estimate of drug-likeness (QED) is 0.445. The largest absolute Gasteiger partial charge is 0.375 e. The highest BCUT2D eigenvalue weighted by atomic mass is 35.5. The maximum atomic E-state index is 5.53. The molecular formula is C5H9ClN2O. The lowest BCUT2D eigenvalue weighted by Crippen LogP contribution is -2.11. The van der Waals surface area contributed by atoms with Gasteiger partial charge < -0.3 is 4.74 Å². The number of ether oxygens (including phenoxy) is 1. The molecule has 0 spiro atoms. The van der Waals surface area contributed by atoms with E-state index in [9.17, 15) is 0 Å². The summed E-state index contributed by atoms with van der Waals surface area (Å²) in [4.78, 5) is 0. The average Bonchev–Trinajstić information content (AvgIpc) is 2.45. The van der Waals surface area contributed by atoms with Crippen molar-refractivity contribution in [1.82, 2.24) is 0 Å². The van der Waals surface area contributed by atoms with E-state index in [1.54, 1.807) is 0 Å². The van der Waals surface area contributed by atoms with Gasteiger partial charge in [0.1, 0.15) is 0 Å². The molecule has 0 bridgehead atoms. The van der Waals surface area contributed by atoms with Gasteiger partial charge in [0.2, 0.25) is 0 Å². The van der Waals surface area contributed by atoms with Crippen LogP contribution < -0.4 is 0 Å². The minimum atomic E-state index is -0.996. The Balaban J connectivity index is 2.06. The second kappa shape index (κ2) is 2.23. The van der Waals surface area contributed by atoms with Crippen LogP contribution in [0.5, 0.6) is 0 Å². The molecule has 1 aliphatic rings. The highest BCUT2D eigenvalue weighted by Gasteiger charge is 2.39. The summed E-state index contributed by atoms with van der Waals surface area (Å²) < 4.78 is 5.03. The molecule has 0 fully saturated rings. The Hall–Kier alpha value is -0.150. The SMILES string of the molecule is CC(C)COC1(Cl)N=N1. The Morgan fingerprint density at radius 3 is 2.44 bits per heavy atom. The van der Waals surface area contributed by atoms with Crippen LogP contribution in [0.3, 0.4) is 0 Å². The summed E-state index contributed by atoms with van der Waals surface area (Å²) in [5, 5.41) is 5.95. The normalized spacial score (nSPS) is 20.9. The molecule has 0 saturated carbocycles. The molecule has 1 heterocycles. The van der Waals surface area contributed by atoms with Crippen LogP contribution in [0.25, 0.3) is 0 Å². The van der Waals surface area contributed by atoms with E-state index >= 15 is 0 Å². The fourth-order valence-electron chi connectivity index (χ4n) is 0.370. The molecule has 0 saturated heterocycles. The molecule has 4 heteroatoms. The second-order valence-corrected chi connectivity index (χ2v) is 2.93. The van der Waals surface area contributed by atoms with Gasteiger partial charge >= 0.3 is 5.31 Å². The van der Waals surface area contributed by atoms with Crippen LogP contribution in [-0.4, -0.2) is 11.9 Å². The third-order valence-corrected chi connectivity index (χ3v) is 1.12. The van der Waals surface area contributed by atoms with Gasteiger partial charge in [0.25, 0.3) is 0 Å². The van der Waals surface area contributed by atoms with Gasteiger partial charge in [-0.05, 0) is 17.5 Å². The highest BCUT2D eigenvalue weighted by Crippen LogP contribution is 2.33. The Kier molecular flexibility index (Phi) is 1.73. The minimum Gasteiger partial charge on any atom is -0.320 e. The van der Waals surface area contributed by atoms with E-state index in [1.807, 2.05) is 13.8 Å². The lowest BCUT2D eigenvalue weighted by atomic mass is 10.2. The first-order chi connectivity index (χ1) is 4.12. The predicted molar refractivity (Wildman–Crippen MR) is 34.2 cm³/mol. The van der Waals surface area contributed by atoms with Crippen LogP contribution in [0.1, 0.15) is 13.8 Å². The Labute approximate surface area is 59.1 Å². The number of hydrogen-bond acceptors (Lipinski definition) is 3. The zero-order chi connectivity index (χ0) is 6.91. The Bertz CT molecular complexity index is 129. The molecule has 0 unspecified atom stereocenters. The third kappa shape index (κ3) is 2.28. The molecule has 0 aliphatic carbocycles. The molecule has 0 aromatic rings. The molecule has 0 atom stereocenters. The van der Waals surface area contributed by atoms with E-state index in [0.717, 1.165) is 0 Å². The molecule has 52 valence electrons. The number of alkyl halides is 1. The first-order valence-corrected chi connectivity index (χ1v) is 3.27. The van der Waals surface area contributed by atoms with Gasteiger partial charge in [-0.1, -0.05) is 13.8 Å². The number of rotatable bonds is 3. The highest BCUT2D eigenvalue weighted by molar-refractivity contribution is 6.23. The smallest absolute Gasteiger partial charge is 0.320 e. The van der Waals surface area contributed by atoms with Crippen LogP contribution >= 0.6 is 11.6 Å². The van der Waals surface area contributed by atoms with Crippen molar-refractivity contribution < 1.29 is 4.74 Å². The lowest BCUT2D eigenvalue weighted by Gasteiger charge is -2.05. The Morgan fingerprint density at radius 1 is 1.56 bits per heavy atom. The standard InChI is InChI=1S/C5H9ClN2O/c1-4(2)3-9-5(6)7-8-5/h4H,3H2,1-2H3. The molecule has 0 aromatic carbocycles. The molecule has 0 aromatic heterocycles. The van der Waals surface area contributed by atoms with Crippen molar-refractivity contribution in [2.75, 3.05) is 6.61 Å². The molecular weight excluding hydrogens is 140 g/mol. The monoisotopic (exact) mass is 148 g/mol. The van der Waals surface area contributed by atoms with Crippen LogP contribution in [-0.2, 0) is 4.74 Å². The molecule has 0 amide bonds. The Morgan fingerprint density at radius 2 is 2.11 bits per heavy atom. The maximum Gasteiger partial charge on any atom is 0.375 e. The summed E-state index contributed by atoms with van der Waals surface area (Å²) in [6, 6.07) is 0. The molecule has 1 rings (SSSR count). The lowest BCUT2D eigenvalue weighted by molar-refractivity contribution is 0.0585. The molecule has 0 radical (unpaired) electrons. The van der Waals surface area contributed by atoms with Gasteiger partial charge in [0, 0.05) is 0 Å². The summed E-state index contributed by atoms with van der Waals surface area (Å²) >= 11 is 5.53. The summed E-state index contributed by atoms with van der Waals surface area (Å²) in [5.74, 6) is 0.478. The molecule has 1 aliphatic heterocycles. The van der Waals surface area contributed by atoms with Gasteiger partial charge in [-0.15, -0.1) is 10.2 Å². The van der Waals surface area contributed by atoms with E-state index in [-0.39, 0.29) is 0 Å². The third-order valence-electron chi connectivity index (χ3n) is 0.858. The van der Waals surface area contributed by atoms with Crippen molar-refractivity contribution in [2.45, 2.75) is 19.2 Å². The first kappa shape index (κ1) is 6.96. The number of nitrogens with zero attached hydrogens (tertiary/aromatic N) is 2. The number of hydrogen-bond donors (Lipinski definition) is 0. The van der Waals surface area contributed by atoms with E-state index in [2.05, 4.69) is 10.2 Å². The summed E-state index contributed by atoms with van der Waals surface area (Å²) in [6.45, 7) is 4.70. The van der Waals surface area contributed by atoms with E-state index in [4.69, 9.17) is 16.3 Å². The summed E-state index contributed by atoms with van der Waals surface area (Å²) in [6.07, 6.45) is 0. The molecule has 3 nitrogen and oxygen atoms in total. The van der Waals surface area contributed by atoms with Crippen LogP contribution in [0.2, 0.25) is 0 Å². The topological polar surface area (TPSA) is 34.0 Å². The molecule has 0 N–H and O–H groups in total. The average molecular weight is 149 g/mol. The van der Waals surface area contributed by atoms with Crippen molar-refractivity contribution >= 4 is 11.6 Å². The van der Waals surface area contributed by atoms with E-state index in [1.165, 1.54) is 0 Å². The summed E-state index contributed by atoms with van der Waals surface area (Å²) in [5.41, 5.74) is 0. The fourth-order valence-corrected chi connectivity index (χ4v) is 0.471. The van der Waals surface area contributed by atoms with Crippen molar-refractivity contribution in [1.29, 1.82) is 0 Å². The van der Waals surface area contributed by atoms with Crippen molar-refractivity contribution in [3.63, 3.8) is 0 Å². The van der Waals surface area contributed by atoms with Gasteiger partial charge in [0.05, 0.1) is 6.61 Å². The van der Waals surface area contributed by atoms with Gasteiger partial charge in [-0.2, -0.15) is 0 Å². The zero-order valence-corrected chi connectivity index (χ0v) is 6.22. The zero-order valence-electron chi connectivity index (χ0n) is 5.47. The second-order valence-electron chi connectivity index (χ2n) is 2.43. The van der Waals surface area contributed by atoms with Gasteiger partial charge in [-0.3, -0.25) is 0 Å². The number of halogens is 1. The maximum absolute atomic E-state index is 5.53. The van der Waals surface area contributed by atoms with Crippen LogP contribution in [0.15, 0.2) is 10.2 Å². The molecule has 9 heavy (non-hydrogen) atoms. The van der Waals surface area contributed by atoms with Crippen LogP contribution in [0.4, 0.5) is 0 Å². The van der Waals surface area contributed by atoms with Crippen LogP contribution in [0, 0.1) is 5.92 Å². The van der Waals surface area contributed by atoms with Crippen molar-refractivity contribution in [2.24, 2.45) is 16.1 Å². The van der Waals surface area contributed by atoms with E-state index < -0.39 is 5.31 Å². The van der Waals surface area contributed by atoms with E-state index in [0.29, 0.717) is 12.5 Å². The summed E-state index contributed by atoms with van der Waals surface area (Å²) in [7, 11) is 0. The van der Waals surface area contributed by atoms with Crippen molar-refractivity contribution in [3.05, 3.63) is 0 Å². The first-order valence-electron chi connectivity index (χ1n) is 2.89. The van der Waals surface area contributed by atoms with Gasteiger partial charge in [-0.25, -0.2) is 0 Å². The van der Waals surface area contributed by atoms with Gasteiger partial charge in [0.15, 0.2) is 0 Å². The fraction of sp³-hybridized carbons (Fsp3) is 1.00. The predicted octanol–water partition coefficient (Wildman–Crippen LogP) is 1.97. The minimum absolute atomic E-state index is 0.478.